The second kappa shape index (κ2) is 14.8. The van der Waals surface area contributed by atoms with E-state index >= 15 is 0 Å². The highest BCUT2D eigenvalue weighted by Gasteiger charge is 2.16. The molecule has 0 atom stereocenters. The second-order valence-electron chi connectivity index (χ2n) is 9.35. The Morgan fingerprint density at radius 2 is 1.48 bits per heavy atom. The van der Waals surface area contributed by atoms with E-state index in [9.17, 15) is 9.59 Å². The van der Waals surface area contributed by atoms with Crippen LogP contribution in [0, 0.1) is 0 Å². The Hall–Kier alpha value is -4.23. The number of nitrogens with one attached hydrogen (secondary N) is 1. The molecule has 6 nitrogen and oxygen atoms in total. The van der Waals surface area contributed by atoms with Crippen LogP contribution in [-0.4, -0.2) is 30.3 Å². The summed E-state index contributed by atoms with van der Waals surface area (Å²) in [5.74, 6) is -0.0534. The highest BCUT2D eigenvalue weighted by molar-refractivity contribution is 7.99. The van der Waals surface area contributed by atoms with Crippen LogP contribution in [0.1, 0.15) is 30.9 Å². The van der Waals surface area contributed by atoms with Gasteiger partial charge in [0, 0.05) is 27.7 Å². The molecule has 4 rings (SSSR count). The molecule has 0 radical (unpaired) electrons. The molecule has 40 heavy (non-hydrogen) atoms. The molecule has 0 heterocycles. The summed E-state index contributed by atoms with van der Waals surface area (Å²) >= 11 is 1.59. The van der Waals surface area contributed by atoms with E-state index in [0.29, 0.717) is 18.8 Å². The number of anilines is 2. The molecule has 0 saturated heterocycles. The van der Waals surface area contributed by atoms with E-state index < -0.39 is 5.97 Å². The fourth-order valence-electron chi connectivity index (χ4n) is 4.07. The molecule has 0 aliphatic heterocycles. The molecule has 0 aliphatic rings. The highest BCUT2D eigenvalue weighted by Crippen LogP contribution is 2.30. The number of carbonyl (C=O) groups is 2. The topological polar surface area (TPSA) is 78.9 Å². The first kappa shape index (κ1) is 28.8. The van der Waals surface area contributed by atoms with Crippen molar-refractivity contribution in [1.29, 1.82) is 0 Å². The first-order valence-electron chi connectivity index (χ1n) is 13.4. The molecular formula is C33H34N2O4S. The van der Waals surface area contributed by atoms with Crippen molar-refractivity contribution < 1.29 is 19.4 Å². The Morgan fingerprint density at radius 1 is 0.825 bits per heavy atom. The molecule has 0 aromatic heterocycles. The SMILES string of the molecule is CCCCOc1ccc(NC(=O)N(CCc2ccccc2)c2ccc(Sc3ccc(CC(=O)O)cc3)cc2)cc1. The Labute approximate surface area is 240 Å². The summed E-state index contributed by atoms with van der Waals surface area (Å²) in [6.45, 7) is 3.33. The summed E-state index contributed by atoms with van der Waals surface area (Å²) in [4.78, 5) is 28.2. The van der Waals surface area contributed by atoms with Crippen LogP contribution in [0.3, 0.4) is 0 Å². The summed E-state index contributed by atoms with van der Waals surface area (Å²) in [5.41, 5.74) is 3.43. The van der Waals surface area contributed by atoms with Crippen LogP contribution in [0.15, 0.2) is 113 Å². The first-order chi connectivity index (χ1) is 19.5. The fourth-order valence-corrected chi connectivity index (χ4v) is 4.89. The third-order valence-electron chi connectivity index (χ3n) is 6.25. The van der Waals surface area contributed by atoms with Crippen molar-refractivity contribution in [3.63, 3.8) is 0 Å². The van der Waals surface area contributed by atoms with E-state index in [0.717, 1.165) is 51.6 Å². The van der Waals surface area contributed by atoms with Crippen LogP contribution in [0.2, 0.25) is 0 Å². The minimum absolute atomic E-state index is 0.0113. The average Bonchev–Trinajstić information content (AvgIpc) is 2.96. The molecule has 4 aromatic rings. The zero-order chi connectivity index (χ0) is 28.2. The van der Waals surface area contributed by atoms with E-state index in [1.165, 1.54) is 0 Å². The van der Waals surface area contributed by atoms with Gasteiger partial charge in [0.15, 0.2) is 0 Å². The van der Waals surface area contributed by atoms with Crippen LogP contribution >= 0.6 is 11.8 Å². The molecule has 0 unspecified atom stereocenters. The first-order valence-corrected chi connectivity index (χ1v) is 14.3. The summed E-state index contributed by atoms with van der Waals surface area (Å²) in [5, 5.41) is 12.0. The maximum Gasteiger partial charge on any atom is 0.326 e. The lowest BCUT2D eigenvalue weighted by Gasteiger charge is -2.24. The van der Waals surface area contributed by atoms with Gasteiger partial charge in [-0.1, -0.05) is 67.6 Å². The van der Waals surface area contributed by atoms with Crippen molar-refractivity contribution in [2.75, 3.05) is 23.4 Å². The quantitative estimate of drug-likeness (QED) is 0.164. The van der Waals surface area contributed by atoms with E-state index in [-0.39, 0.29) is 12.5 Å². The van der Waals surface area contributed by atoms with Crippen molar-refractivity contribution in [1.82, 2.24) is 0 Å². The minimum atomic E-state index is -0.842. The van der Waals surface area contributed by atoms with Gasteiger partial charge in [-0.2, -0.15) is 0 Å². The van der Waals surface area contributed by atoms with E-state index in [2.05, 4.69) is 24.4 Å². The predicted molar refractivity (Wildman–Crippen MR) is 162 cm³/mol. The predicted octanol–water partition coefficient (Wildman–Crippen LogP) is 7.93. The van der Waals surface area contributed by atoms with Crippen molar-refractivity contribution >= 4 is 35.1 Å². The molecule has 0 aliphatic carbocycles. The van der Waals surface area contributed by atoms with Crippen LogP contribution in [0.4, 0.5) is 16.2 Å². The third-order valence-corrected chi connectivity index (χ3v) is 7.26. The Morgan fingerprint density at radius 3 is 2.10 bits per heavy atom. The van der Waals surface area contributed by atoms with Gasteiger partial charge in [-0.05, 0) is 84.6 Å². The van der Waals surface area contributed by atoms with Gasteiger partial charge in [0.1, 0.15) is 5.75 Å². The maximum absolute atomic E-state index is 13.5. The molecule has 2 amide bonds. The fraction of sp³-hybridized carbons (Fsp3) is 0.212. The number of unbranched alkanes of at least 4 members (excludes halogenated alkanes) is 1. The Kier molecular flexibility index (Phi) is 10.6. The van der Waals surface area contributed by atoms with Crippen molar-refractivity contribution in [3.05, 3.63) is 114 Å². The average molecular weight is 555 g/mol. The summed E-state index contributed by atoms with van der Waals surface area (Å²) in [6, 6.07) is 32.8. The molecule has 2 N–H and O–H groups in total. The molecular weight excluding hydrogens is 520 g/mol. The molecule has 0 bridgehead atoms. The largest absolute Gasteiger partial charge is 0.494 e. The highest BCUT2D eigenvalue weighted by atomic mass is 32.2. The zero-order valence-electron chi connectivity index (χ0n) is 22.6. The monoisotopic (exact) mass is 554 g/mol. The van der Waals surface area contributed by atoms with E-state index in [4.69, 9.17) is 9.84 Å². The number of hydrogen-bond acceptors (Lipinski definition) is 4. The molecule has 0 saturated carbocycles. The summed E-state index contributed by atoms with van der Waals surface area (Å²) < 4.78 is 5.74. The Balaban J connectivity index is 1.45. The number of rotatable bonds is 13. The number of urea groups is 1. The standard InChI is InChI=1S/C33H34N2O4S/c1-2-3-23-39-29-15-11-27(12-16-29)34-33(38)35(22-21-25-7-5-4-6-8-25)28-13-19-31(20-14-28)40-30-17-9-26(10-18-30)24-32(36)37/h4-20H,2-3,21-24H2,1H3,(H,34,38)(H,36,37). The molecule has 0 fully saturated rings. The van der Waals surface area contributed by atoms with Gasteiger partial charge >= 0.3 is 12.0 Å². The van der Waals surface area contributed by atoms with Gasteiger partial charge in [-0.15, -0.1) is 0 Å². The number of amides is 2. The lowest BCUT2D eigenvalue weighted by Crippen LogP contribution is -2.36. The summed E-state index contributed by atoms with van der Waals surface area (Å²) in [7, 11) is 0. The van der Waals surface area contributed by atoms with E-state index in [1.54, 1.807) is 16.7 Å². The van der Waals surface area contributed by atoms with Gasteiger partial charge in [-0.3, -0.25) is 9.69 Å². The molecule has 0 spiro atoms. The van der Waals surface area contributed by atoms with Crippen LogP contribution in [0.5, 0.6) is 5.75 Å². The maximum atomic E-state index is 13.5. The smallest absolute Gasteiger partial charge is 0.326 e. The number of carboxylic acid groups (broad SMARTS) is 1. The molecule has 4 aromatic carbocycles. The second-order valence-corrected chi connectivity index (χ2v) is 10.5. The van der Waals surface area contributed by atoms with E-state index in [1.807, 2.05) is 91.0 Å². The van der Waals surface area contributed by atoms with Gasteiger partial charge in [-0.25, -0.2) is 4.79 Å². The number of hydrogen-bond donors (Lipinski definition) is 2. The Bertz CT molecular complexity index is 1360. The minimum Gasteiger partial charge on any atom is -0.494 e. The normalized spacial score (nSPS) is 10.6. The number of aliphatic carboxylic acids is 1. The van der Waals surface area contributed by atoms with Gasteiger partial charge in [0.05, 0.1) is 13.0 Å². The van der Waals surface area contributed by atoms with Crippen molar-refractivity contribution in [2.45, 2.75) is 42.4 Å². The van der Waals surface area contributed by atoms with Gasteiger partial charge in [0.2, 0.25) is 0 Å². The number of ether oxygens (including phenoxy) is 1. The summed E-state index contributed by atoms with van der Waals surface area (Å²) in [6.07, 6.45) is 2.81. The van der Waals surface area contributed by atoms with Crippen molar-refractivity contribution in [3.8, 4) is 5.75 Å². The number of carboxylic acids is 1. The van der Waals surface area contributed by atoms with Gasteiger partial charge in [0.25, 0.3) is 0 Å². The molecule has 7 heteroatoms. The van der Waals surface area contributed by atoms with Crippen LogP contribution in [0.25, 0.3) is 0 Å². The van der Waals surface area contributed by atoms with Crippen molar-refractivity contribution in [2.24, 2.45) is 0 Å². The third kappa shape index (κ3) is 8.92. The van der Waals surface area contributed by atoms with Crippen LogP contribution < -0.4 is 15.0 Å². The van der Waals surface area contributed by atoms with Gasteiger partial charge < -0.3 is 15.2 Å². The molecule has 206 valence electrons. The lowest BCUT2D eigenvalue weighted by atomic mass is 10.1. The number of carbonyl (C=O) groups excluding carboxylic acids is 1. The lowest BCUT2D eigenvalue weighted by molar-refractivity contribution is -0.136. The van der Waals surface area contributed by atoms with Crippen LogP contribution in [-0.2, 0) is 17.6 Å². The number of nitrogens with zero attached hydrogens (tertiary/aromatic N) is 1. The number of benzene rings is 4. The zero-order valence-corrected chi connectivity index (χ0v) is 23.4.